The van der Waals surface area contributed by atoms with Crippen molar-refractivity contribution in [3.05, 3.63) is 30.0 Å². The second-order valence-corrected chi connectivity index (χ2v) is 4.54. The van der Waals surface area contributed by atoms with Crippen molar-refractivity contribution in [1.82, 2.24) is 20.8 Å². The van der Waals surface area contributed by atoms with Crippen LogP contribution in [0.15, 0.2) is 24.4 Å². The van der Waals surface area contributed by atoms with E-state index in [2.05, 4.69) is 20.8 Å². The van der Waals surface area contributed by atoms with Crippen LogP contribution in [0.4, 0.5) is 0 Å². The number of nitrogens with zero attached hydrogens (tertiary/aromatic N) is 1. The number of H-pyrrole nitrogens is 1. The molecule has 0 aliphatic heterocycles. The first-order valence-electron chi connectivity index (χ1n) is 6.07. The Kier molecular flexibility index (Phi) is 3.79. The number of carbonyl (C=O) groups is 2. The Morgan fingerprint density at radius 1 is 1.37 bits per heavy atom. The van der Waals surface area contributed by atoms with E-state index in [4.69, 9.17) is 0 Å². The van der Waals surface area contributed by atoms with Crippen LogP contribution in [0.25, 0.3) is 10.9 Å². The molecule has 0 atom stereocenters. The molecule has 0 aliphatic carbocycles. The minimum Gasteiger partial charge on any atom is -0.352 e. The van der Waals surface area contributed by atoms with Crippen LogP contribution in [0.3, 0.4) is 0 Å². The predicted molar refractivity (Wildman–Crippen MR) is 71.7 cm³/mol. The Bertz CT molecular complexity index is 603. The van der Waals surface area contributed by atoms with Gasteiger partial charge >= 0.3 is 0 Å². The van der Waals surface area contributed by atoms with E-state index in [9.17, 15) is 9.59 Å². The van der Waals surface area contributed by atoms with Crippen molar-refractivity contribution in [3.8, 4) is 0 Å². The molecule has 0 bridgehead atoms. The first-order chi connectivity index (χ1) is 9.08. The molecule has 0 saturated carbocycles. The number of aromatic nitrogens is 2. The van der Waals surface area contributed by atoms with E-state index in [1.807, 2.05) is 19.9 Å². The SMILES string of the molecule is CC(C)NC(=O)CNC(=O)c1cccc2cn[nH]c12. The summed E-state index contributed by atoms with van der Waals surface area (Å²) in [4.78, 5) is 23.5. The van der Waals surface area contributed by atoms with Crippen LogP contribution in [0, 0.1) is 0 Å². The van der Waals surface area contributed by atoms with Gasteiger partial charge in [-0.3, -0.25) is 14.7 Å². The third-order valence-corrected chi connectivity index (χ3v) is 2.58. The van der Waals surface area contributed by atoms with Gasteiger partial charge in [0.25, 0.3) is 5.91 Å². The highest BCUT2D eigenvalue weighted by Gasteiger charge is 2.12. The highest BCUT2D eigenvalue weighted by molar-refractivity contribution is 6.06. The lowest BCUT2D eigenvalue weighted by molar-refractivity contribution is -0.120. The Morgan fingerprint density at radius 2 is 2.16 bits per heavy atom. The molecule has 0 radical (unpaired) electrons. The van der Waals surface area contributed by atoms with Crippen molar-refractivity contribution in [3.63, 3.8) is 0 Å². The van der Waals surface area contributed by atoms with E-state index in [1.54, 1.807) is 18.3 Å². The lowest BCUT2D eigenvalue weighted by Crippen LogP contribution is -2.39. The summed E-state index contributed by atoms with van der Waals surface area (Å²) in [5, 5.41) is 12.8. The summed E-state index contributed by atoms with van der Waals surface area (Å²) in [5.41, 5.74) is 1.15. The van der Waals surface area contributed by atoms with E-state index in [0.717, 1.165) is 5.39 Å². The minimum absolute atomic E-state index is 0.0401. The lowest BCUT2D eigenvalue weighted by Gasteiger charge is -2.09. The van der Waals surface area contributed by atoms with Gasteiger partial charge in [-0.25, -0.2) is 0 Å². The Hall–Kier alpha value is -2.37. The zero-order valence-electron chi connectivity index (χ0n) is 10.9. The second kappa shape index (κ2) is 5.51. The number of nitrogens with one attached hydrogen (secondary N) is 3. The summed E-state index contributed by atoms with van der Waals surface area (Å²) in [6.07, 6.45) is 1.65. The summed E-state index contributed by atoms with van der Waals surface area (Å²) in [6.45, 7) is 3.69. The maximum absolute atomic E-state index is 12.0. The zero-order chi connectivity index (χ0) is 13.8. The van der Waals surface area contributed by atoms with Crippen molar-refractivity contribution in [2.24, 2.45) is 0 Å². The first kappa shape index (κ1) is 13.1. The van der Waals surface area contributed by atoms with Crippen molar-refractivity contribution < 1.29 is 9.59 Å². The molecule has 1 heterocycles. The topological polar surface area (TPSA) is 86.9 Å². The van der Waals surface area contributed by atoms with Crippen LogP contribution < -0.4 is 10.6 Å². The van der Waals surface area contributed by atoms with Gasteiger partial charge in [0.2, 0.25) is 5.91 Å². The Balaban J connectivity index is 2.04. The van der Waals surface area contributed by atoms with Crippen LogP contribution in [-0.2, 0) is 4.79 Å². The predicted octanol–water partition coefficient (Wildman–Crippen LogP) is 0.817. The Labute approximate surface area is 110 Å². The molecule has 0 fully saturated rings. The van der Waals surface area contributed by atoms with E-state index in [0.29, 0.717) is 11.1 Å². The van der Waals surface area contributed by atoms with Crippen LogP contribution in [0.5, 0.6) is 0 Å². The van der Waals surface area contributed by atoms with E-state index in [1.165, 1.54) is 0 Å². The van der Waals surface area contributed by atoms with Gasteiger partial charge in [0, 0.05) is 11.4 Å². The summed E-state index contributed by atoms with van der Waals surface area (Å²) < 4.78 is 0. The molecular weight excluding hydrogens is 244 g/mol. The molecular formula is C13H16N4O2. The van der Waals surface area contributed by atoms with Crippen molar-refractivity contribution in [2.75, 3.05) is 6.54 Å². The fourth-order valence-electron chi connectivity index (χ4n) is 1.79. The maximum atomic E-state index is 12.0. The maximum Gasteiger partial charge on any atom is 0.253 e. The molecule has 6 heteroatoms. The minimum atomic E-state index is -0.297. The van der Waals surface area contributed by atoms with Gasteiger partial charge in [-0.15, -0.1) is 0 Å². The van der Waals surface area contributed by atoms with Gasteiger partial charge in [0.1, 0.15) is 0 Å². The van der Waals surface area contributed by atoms with Crippen molar-refractivity contribution >= 4 is 22.7 Å². The molecule has 1 aromatic heterocycles. The molecule has 0 aliphatic rings. The van der Waals surface area contributed by atoms with Gasteiger partial charge in [0.05, 0.1) is 23.8 Å². The molecule has 3 N–H and O–H groups in total. The third kappa shape index (κ3) is 3.09. The van der Waals surface area contributed by atoms with Crippen LogP contribution in [-0.4, -0.2) is 34.6 Å². The number of hydrogen-bond donors (Lipinski definition) is 3. The van der Waals surface area contributed by atoms with Crippen molar-refractivity contribution in [1.29, 1.82) is 0 Å². The molecule has 0 saturated heterocycles. The number of para-hydroxylation sites is 1. The molecule has 0 spiro atoms. The fourth-order valence-corrected chi connectivity index (χ4v) is 1.79. The number of fused-ring (bicyclic) bond motifs is 1. The van der Waals surface area contributed by atoms with E-state index >= 15 is 0 Å². The standard InChI is InChI=1S/C13H16N4O2/c1-8(2)16-11(18)7-14-13(19)10-5-3-4-9-6-15-17-12(9)10/h3-6,8H,7H2,1-2H3,(H,14,19)(H,15,17)(H,16,18). The number of hydrogen-bond acceptors (Lipinski definition) is 3. The summed E-state index contributed by atoms with van der Waals surface area (Å²) in [7, 11) is 0. The molecule has 0 unspecified atom stereocenters. The zero-order valence-corrected chi connectivity index (χ0v) is 10.9. The monoisotopic (exact) mass is 260 g/mol. The molecule has 2 rings (SSSR count). The first-order valence-corrected chi connectivity index (χ1v) is 6.07. The van der Waals surface area contributed by atoms with Crippen LogP contribution in [0.2, 0.25) is 0 Å². The van der Waals surface area contributed by atoms with E-state index < -0.39 is 0 Å². The molecule has 6 nitrogen and oxygen atoms in total. The second-order valence-electron chi connectivity index (χ2n) is 4.54. The van der Waals surface area contributed by atoms with E-state index in [-0.39, 0.29) is 24.4 Å². The molecule has 19 heavy (non-hydrogen) atoms. The average molecular weight is 260 g/mol. The van der Waals surface area contributed by atoms with Crippen molar-refractivity contribution in [2.45, 2.75) is 19.9 Å². The van der Waals surface area contributed by atoms with Gasteiger partial charge < -0.3 is 10.6 Å². The van der Waals surface area contributed by atoms with Crippen LogP contribution >= 0.6 is 0 Å². The Morgan fingerprint density at radius 3 is 2.89 bits per heavy atom. The quantitative estimate of drug-likeness (QED) is 0.760. The number of amides is 2. The van der Waals surface area contributed by atoms with Crippen LogP contribution in [0.1, 0.15) is 24.2 Å². The molecule has 2 aromatic rings. The fraction of sp³-hybridized carbons (Fsp3) is 0.308. The highest BCUT2D eigenvalue weighted by Crippen LogP contribution is 2.15. The van der Waals surface area contributed by atoms with Gasteiger partial charge in [0.15, 0.2) is 0 Å². The van der Waals surface area contributed by atoms with Gasteiger partial charge in [-0.1, -0.05) is 12.1 Å². The number of aromatic amines is 1. The highest BCUT2D eigenvalue weighted by atomic mass is 16.2. The molecule has 1 aromatic carbocycles. The lowest BCUT2D eigenvalue weighted by atomic mass is 10.1. The summed E-state index contributed by atoms with van der Waals surface area (Å²) >= 11 is 0. The normalized spacial score (nSPS) is 10.7. The number of carbonyl (C=O) groups excluding carboxylic acids is 2. The summed E-state index contributed by atoms with van der Waals surface area (Å²) in [5.74, 6) is -0.506. The average Bonchev–Trinajstić information content (AvgIpc) is 2.83. The smallest absolute Gasteiger partial charge is 0.253 e. The number of rotatable bonds is 4. The largest absolute Gasteiger partial charge is 0.352 e. The number of benzene rings is 1. The van der Waals surface area contributed by atoms with Gasteiger partial charge in [-0.05, 0) is 19.9 Å². The summed E-state index contributed by atoms with van der Waals surface area (Å²) in [6, 6.07) is 5.39. The van der Waals surface area contributed by atoms with Gasteiger partial charge in [-0.2, -0.15) is 5.10 Å². The molecule has 100 valence electrons. The third-order valence-electron chi connectivity index (χ3n) is 2.58. The molecule has 2 amide bonds.